The fourth-order valence-corrected chi connectivity index (χ4v) is 1.89. The third kappa shape index (κ3) is 8.37. The minimum atomic E-state index is -0.775. The average Bonchev–Trinajstić information content (AvgIpc) is 2.55. The second-order valence-corrected chi connectivity index (χ2v) is 5.47. The number of rotatable bonds is 2. The van der Waals surface area contributed by atoms with Gasteiger partial charge in [-0.1, -0.05) is 0 Å². The summed E-state index contributed by atoms with van der Waals surface area (Å²) in [5.41, 5.74) is 8.50. The van der Waals surface area contributed by atoms with Crippen molar-refractivity contribution in [2.45, 2.75) is 27.7 Å². The van der Waals surface area contributed by atoms with Crippen molar-refractivity contribution in [3.8, 4) is 0 Å². The molecule has 0 heterocycles. The summed E-state index contributed by atoms with van der Waals surface area (Å²) < 4.78 is 12.8. The number of nitrogens with zero attached hydrogens (tertiary/aromatic N) is 3. The Balaban J connectivity index is 0. The number of anilines is 1. The van der Waals surface area contributed by atoms with Crippen molar-refractivity contribution in [2.24, 2.45) is 5.34 Å². The minimum absolute atomic E-state index is 0. The smallest absolute Gasteiger partial charge is 0.444 e. The largest absolute Gasteiger partial charge is 1.00 e. The number of nitrogens with two attached hydrogens (primary N) is 1. The van der Waals surface area contributed by atoms with Crippen molar-refractivity contribution >= 4 is 17.1 Å². The van der Waals surface area contributed by atoms with Gasteiger partial charge in [-0.2, -0.15) is 4.39 Å². The molecule has 10 nitrogen and oxygen atoms in total. The summed E-state index contributed by atoms with van der Waals surface area (Å²) in [5, 5.41) is 29.7. The van der Waals surface area contributed by atoms with Gasteiger partial charge in [0.2, 0.25) is 5.82 Å². The number of aryl methyl sites for hydroxylation is 4. The summed E-state index contributed by atoms with van der Waals surface area (Å²) >= 11 is 0. The summed E-state index contributed by atoms with van der Waals surface area (Å²) in [6, 6.07) is 5.52. The van der Waals surface area contributed by atoms with Gasteiger partial charge >= 0.3 is 35.2 Å². The fourth-order valence-electron chi connectivity index (χ4n) is 1.89. The van der Waals surface area contributed by atoms with Crippen LogP contribution in [0.15, 0.2) is 29.6 Å². The average molecular weight is 404 g/mol. The zero-order chi connectivity index (χ0) is 21.3. The zero-order valence-corrected chi connectivity index (χ0v) is 18.1. The number of hydrogen-bond donors (Lipinski definition) is 1. The van der Waals surface area contributed by atoms with Crippen LogP contribution < -0.4 is 35.3 Å². The Kier molecular flexibility index (Phi) is 12.5. The van der Waals surface area contributed by atoms with E-state index in [1.165, 1.54) is 18.2 Å². The second kappa shape index (κ2) is 12.7. The third-order valence-corrected chi connectivity index (χ3v) is 3.60. The molecule has 0 aliphatic carbocycles. The third-order valence-electron chi connectivity index (χ3n) is 3.60. The molecule has 0 atom stereocenters. The number of nitro benzene ring substituents is 2. The Morgan fingerprint density at radius 3 is 1.57 bits per heavy atom. The van der Waals surface area contributed by atoms with E-state index in [1.54, 1.807) is 19.9 Å². The van der Waals surface area contributed by atoms with Crippen molar-refractivity contribution in [1.82, 2.24) is 0 Å². The molecule has 146 valence electrons. The van der Waals surface area contributed by atoms with E-state index in [0.29, 0.717) is 0 Å². The van der Waals surface area contributed by atoms with Gasteiger partial charge in [0.25, 0.3) is 5.69 Å². The summed E-state index contributed by atoms with van der Waals surface area (Å²) in [7, 11) is 0. The van der Waals surface area contributed by atoms with E-state index in [9.17, 15) is 24.6 Å². The van der Waals surface area contributed by atoms with Gasteiger partial charge in [-0.25, -0.2) is 0 Å². The molecule has 0 unspecified atom stereocenters. The molecule has 2 aromatic rings. The van der Waals surface area contributed by atoms with Gasteiger partial charge < -0.3 is 15.8 Å². The normalized spacial score (nSPS) is 8.89. The maximum absolute atomic E-state index is 12.8. The molecule has 0 amide bonds. The monoisotopic (exact) mass is 404 g/mol. The van der Waals surface area contributed by atoms with E-state index in [-0.39, 0.29) is 40.9 Å². The molecule has 2 aromatic carbocycles. The summed E-state index contributed by atoms with van der Waals surface area (Å²) in [6.45, 7) is 7.11. The van der Waals surface area contributed by atoms with Crippen LogP contribution in [0.3, 0.4) is 0 Å². The number of nitrogen functional groups attached to an aromatic ring is 1. The minimum Gasteiger partial charge on any atom is -0.444 e. The Morgan fingerprint density at radius 1 is 0.857 bits per heavy atom. The van der Waals surface area contributed by atoms with Gasteiger partial charge in [0, 0.05) is 12.1 Å². The van der Waals surface area contributed by atoms with Crippen molar-refractivity contribution in [3.05, 3.63) is 82.7 Å². The molecule has 0 bridgehead atoms. The molecule has 2 rings (SSSR count). The Labute approximate surface area is 182 Å². The van der Waals surface area contributed by atoms with Crippen LogP contribution in [0.5, 0.6) is 0 Å². The molecule has 0 fully saturated rings. The van der Waals surface area contributed by atoms with Crippen molar-refractivity contribution < 1.29 is 43.8 Å². The first kappa shape index (κ1) is 27.6. The van der Waals surface area contributed by atoms with Crippen LogP contribution in [0.4, 0.5) is 21.5 Å². The summed E-state index contributed by atoms with van der Waals surface area (Å²) in [4.78, 5) is 27.5. The number of benzene rings is 2. The van der Waals surface area contributed by atoms with Crippen LogP contribution in [0, 0.1) is 63.9 Å². The van der Waals surface area contributed by atoms with Gasteiger partial charge in [0.05, 0.1) is 9.85 Å². The maximum Gasteiger partial charge on any atom is 1.00 e. The van der Waals surface area contributed by atoms with E-state index in [2.05, 4.69) is 0 Å². The standard InChI is InChI=1S/C8H8FNO2.C8H10N2O2.HNO2.Na/c2*1-5-3-7(9)8(10(11)12)4-6(5)2;2-1-3;/h3-4H,1-2H3;3-4H,9H2,1-2H3;(H,2,3);/q;;;+1/p-1. The molecule has 0 radical (unpaired) electrons. The summed E-state index contributed by atoms with van der Waals surface area (Å²) in [6.07, 6.45) is 0. The van der Waals surface area contributed by atoms with E-state index >= 15 is 0 Å². The van der Waals surface area contributed by atoms with Crippen LogP contribution in [0.25, 0.3) is 0 Å². The number of hydrogen-bond acceptors (Lipinski definition) is 8. The van der Waals surface area contributed by atoms with Gasteiger partial charge in [-0.05, 0) is 62.1 Å². The molecular formula is C16H18FN4NaO6. The molecule has 28 heavy (non-hydrogen) atoms. The fraction of sp³-hybridized carbons (Fsp3) is 0.250. The first-order valence-corrected chi connectivity index (χ1v) is 7.33. The molecule has 2 N–H and O–H groups in total. The predicted octanol–water partition coefficient (Wildman–Crippen LogP) is 1.40. The molecule has 0 saturated heterocycles. The van der Waals surface area contributed by atoms with E-state index in [4.69, 9.17) is 15.8 Å². The van der Waals surface area contributed by atoms with Crippen molar-refractivity contribution in [1.29, 1.82) is 0 Å². The topological polar surface area (TPSA) is 165 Å². The first-order valence-electron chi connectivity index (χ1n) is 7.33. The van der Waals surface area contributed by atoms with Gasteiger partial charge in [0.1, 0.15) is 5.69 Å². The molecule has 0 aromatic heterocycles. The molecule has 0 aliphatic rings. The van der Waals surface area contributed by atoms with Crippen LogP contribution in [-0.2, 0) is 0 Å². The van der Waals surface area contributed by atoms with Gasteiger partial charge in [0.15, 0.2) is 0 Å². The first-order chi connectivity index (χ1) is 12.5. The van der Waals surface area contributed by atoms with E-state index in [1.807, 2.05) is 13.8 Å². The predicted molar refractivity (Wildman–Crippen MR) is 98.7 cm³/mol. The number of nitro groups is 2. The Morgan fingerprint density at radius 2 is 1.18 bits per heavy atom. The molecular weight excluding hydrogens is 386 g/mol. The SMILES string of the molecule is Cc1cc(F)c([N+](=O)[O-])cc1C.Cc1cc(N)c([N+](=O)[O-])cc1C.O=N[O-].[Na+]. The second-order valence-electron chi connectivity index (χ2n) is 5.47. The van der Waals surface area contributed by atoms with Crippen LogP contribution in [0.2, 0.25) is 0 Å². The summed E-state index contributed by atoms with van der Waals surface area (Å²) in [5.74, 6) is -0.775. The van der Waals surface area contributed by atoms with Crippen LogP contribution in [0.1, 0.15) is 22.3 Å². The Bertz CT molecular complexity index is 796. The molecule has 12 heteroatoms. The molecule has 0 saturated carbocycles. The molecule has 0 aliphatic heterocycles. The van der Waals surface area contributed by atoms with Crippen LogP contribution >= 0.6 is 0 Å². The molecule has 0 spiro atoms. The van der Waals surface area contributed by atoms with E-state index in [0.717, 1.165) is 27.6 Å². The van der Waals surface area contributed by atoms with Gasteiger partial charge in [-0.15, -0.1) is 5.34 Å². The van der Waals surface area contributed by atoms with Crippen LogP contribution in [-0.4, -0.2) is 9.85 Å². The zero-order valence-electron chi connectivity index (χ0n) is 16.1. The Hall–Kier alpha value is -2.63. The van der Waals surface area contributed by atoms with E-state index < -0.39 is 21.4 Å². The van der Waals surface area contributed by atoms with Crippen molar-refractivity contribution in [2.75, 3.05) is 5.73 Å². The van der Waals surface area contributed by atoms with Crippen molar-refractivity contribution in [3.63, 3.8) is 0 Å². The quantitative estimate of drug-likeness (QED) is 0.260. The van der Waals surface area contributed by atoms with Gasteiger partial charge in [-0.3, -0.25) is 20.2 Å². The number of halogens is 1. The maximum atomic E-state index is 12.8.